The van der Waals surface area contributed by atoms with Crippen molar-refractivity contribution in [2.45, 2.75) is 26.4 Å². The first-order valence-corrected chi connectivity index (χ1v) is 4.41. The van der Waals surface area contributed by atoms with E-state index >= 15 is 0 Å². The Labute approximate surface area is 78.2 Å². The molecule has 1 rings (SSSR count). The van der Waals surface area contributed by atoms with Crippen LogP contribution in [0.4, 0.5) is 4.79 Å². The minimum absolute atomic E-state index is 0.151. The highest BCUT2D eigenvalue weighted by Gasteiger charge is 2.23. The molecule has 0 spiro atoms. The van der Waals surface area contributed by atoms with Gasteiger partial charge in [-0.3, -0.25) is 0 Å². The maximum absolute atomic E-state index is 10.5. The van der Waals surface area contributed by atoms with Crippen LogP contribution in [0.15, 0.2) is 0 Å². The van der Waals surface area contributed by atoms with Gasteiger partial charge in [-0.25, -0.2) is 4.79 Å². The van der Waals surface area contributed by atoms with Gasteiger partial charge < -0.3 is 14.2 Å². The van der Waals surface area contributed by atoms with E-state index in [1.165, 1.54) is 0 Å². The van der Waals surface area contributed by atoms with Crippen LogP contribution < -0.4 is 0 Å². The number of carbonyl (C=O) groups excluding carboxylic acids is 1. The Hall–Kier alpha value is -0.770. The van der Waals surface area contributed by atoms with Crippen LogP contribution in [0.5, 0.6) is 0 Å². The van der Waals surface area contributed by atoms with Crippen molar-refractivity contribution in [2.24, 2.45) is 5.92 Å². The van der Waals surface area contributed by atoms with Gasteiger partial charge in [0.05, 0.1) is 18.1 Å². The Morgan fingerprint density at radius 3 is 2.38 bits per heavy atom. The van der Waals surface area contributed by atoms with Crippen molar-refractivity contribution in [3.8, 4) is 0 Å². The van der Waals surface area contributed by atoms with E-state index in [0.29, 0.717) is 19.8 Å². The number of hydrogen-bond acceptors (Lipinski definition) is 4. The van der Waals surface area contributed by atoms with E-state index in [1.54, 1.807) is 0 Å². The highest BCUT2D eigenvalue weighted by atomic mass is 16.7. The van der Waals surface area contributed by atoms with Crippen LogP contribution in [-0.2, 0) is 14.2 Å². The molecule has 0 aromatic heterocycles. The molecule has 4 heteroatoms. The lowest BCUT2D eigenvalue weighted by molar-refractivity contribution is -0.0734. The molecule has 0 aromatic rings. The number of hydrogen-bond donors (Lipinski definition) is 0. The van der Waals surface area contributed by atoms with Crippen LogP contribution in [0.2, 0.25) is 0 Å². The Morgan fingerprint density at radius 1 is 1.38 bits per heavy atom. The molecule has 0 atom stereocenters. The van der Waals surface area contributed by atoms with E-state index in [0.717, 1.165) is 0 Å². The summed E-state index contributed by atoms with van der Waals surface area (Å²) in [6.07, 6.45) is -0.577. The second-order valence-electron chi connectivity index (χ2n) is 4.16. The van der Waals surface area contributed by atoms with Crippen molar-refractivity contribution in [3.05, 3.63) is 0 Å². The highest BCUT2D eigenvalue weighted by molar-refractivity contribution is 5.60. The number of carbonyl (C=O) groups is 1. The summed E-state index contributed by atoms with van der Waals surface area (Å²) in [7, 11) is 0. The molecule has 4 nitrogen and oxygen atoms in total. The Bertz CT molecular complexity index is 173. The van der Waals surface area contributed by atoms with Crippen molar-refractivity contribution < 1.29 is 19.0 Å². The van der Waals surface area contributed by atoms with Crippen molar-refractivity contribution >= 4 is 6.16 Å². The second kappa shape index (κ2) is 3.96. The van der Waals surface area contributed by atoms with Gasteiger partial charge in [-0.1, -0.05) is 0 Å². The molecule has 0 unspecified atom stereocenters. The molecule has 0 aliphatic carbocycles. The largest absolute Gasteiger partial charge is 0.508 e. The molecule has 1 heterocycles. The van der Waals surface area contributed by atoms with E-state index in [4.69, 9.17) is 14.2 Å². The first kappa shape index (κ1) is 10.3. The maximum Gasteiger partial charge on any atom is 0.508 e. The van der Waals surface area contributed by atoms with E-state index in [9.17, 15) is 4.79 Å². The molecule has 0 amide bonds. The Balaban J connectivity index is 2.20. The van der Waals surface area contributed by atoms with Crippen LogP contribution in [0.3, 0.4) is 0 Å². The van der Waals surface area contributed by atoms with Crippen molar-refractivity contribution in [1.82, 2.24) is 0 Å². The molecular formula is C9H16O4. The molecule has 1 saturated heterocycles. The SMILES string of the molecule is CC(C)(C)OCC1COC(=O)OC1. The minimum Gasteiger partial charge on any atom is -0.434 e. The zero-order valence-electron chi connectivity index (χ0n) is 8.33. The fraction of sp³-hybridized carbons (Fsp3) is 0.889. The van der Waals surface area contributed by atoms with Gasteiger partial charge in [0.2, 0.25) is 0 Å². The lowest BCUT2D eigenvalue weighted by atomic mass is 10.1. The fourth-order valence-electron chi connectivity index (χ4n) is 0.926. The van der Waals surface area contributed by atoms with Gasteiger partial charge in [0.1, 0.15) is 13.2 Å². The predicted octanol–water partition coefficient (Wildman–Crippen LogP) is 1.58. The van der Waals surface area contributed by atoms with E-state index in [-0.39, 0.29) is 11.5 Å². The van der Waals surface area contributed by atoms with Gasteiger partial charge in [-0.2, -0.15) is 0 Å². The van der Waals surface area contributed by atoms with Crippen LogP contribution in [0, 0.1) is 5.92 Å². The molecule has 13 heavy (non-hydrogen) atoms. The molecule has 1 aliphatic heterocycles. The minimum atomic E-state index is -0.577. The number of cyclic esters (lactones) is 2. The van der Waals surface area contributed by atoms with E-state index in [2.05, 4.69) is 0 Å². The zero-order valence-corrected chi connectivity index (χ0v) is 8.33. The van der Waals surface area contributed by atoms with Crippen molar-refractivity contribution in [1.29, 1.82) is 0 Å². The molecule has 0 N–H and O–H groups in total. The number of rotatable bonds is 2. The van der Waals surface area contributed by atoms with Crippen molar-refractivity contribution in [3.63, 3.8) is 0 Å². The van der Waals surface area contributed by atoms with Gasteiger partial charge in [-0.05, 0) is 20.8 Å². The van der Waals surface area contributed by atoms with Gasteiger partial charge in [-0.15, -0.1) is 0 Å². The molecule has 0 saturated carbocycles. The van der Waals surface area contributed by atoms with Gasteiger partial charge in [0.15, 0.2) is 0 Å². The second-order valence-corrected chi connectivity index (χ2v) is 4.16. The maximum atomic E-state index is 10.5. The summed E-state index contributed by atoms with van der Waals surface area (Å²) in [5, 5.41) is 0. The van der Waals surface area contributed by atoms with Crippen LogP contribution in [0.1, 0.15) is 20.8 Å². The lowest BCUT2D eigenvalue weighted by Gasteiger charge is -2.26. The standard InChI is InChI=1S/C9H16O4/c1-9(2,3)13-6-7-4-11-8(10)12-5-7/h7H,4-6H2,1-3H3. The summed E-state index contributed by atoms with van der Waals surface area (Å²) in [5.41, 5.74) is -0.151. The normalized spacial score (nSPS) is 19.5. The van der Waals surface area contributed by atoms with Crippen LogP contribution in [0.25, 0.3) is 0 Å². The smallest absolute Gasteiger partial charge is 0.434 e. The zero-order chi connectivity index (χ0) is 9.90. The topological polar surface area (TPSA) is 44.8 Å². The highest BCUT2D eigenvalue weighted by Crippen LogP contribution is 2.13. The molecule has 0 bridgehead atoms. The Kier molecular flexibility index (Phi) is 3.14. The number of ether oxygens (including phenoxy) is 3. The third kappa shape index (κ3) is 4.12. The van der Waals surface area contributed by atoms with Gasteiger partial charge >= 0.3 is 6.16 Å². The Morgan fingerprint density at radius 2 is 1.92 bits per heavy atom. The average Bonchev–Trinajstić information content (AvgIpc) is 2.02. The van der Waals surface area contributed by atoms with Crippen LogP contribution in [-0.4, -0.2) is 31.6 Å². The van der Waals surface area contributed by atoms with E-state index in [1.807, 2.05) is 20.8 Å². The fourth-order valence-corrected chi connectivity index (χ4v) is 0.926. The first-order chi connectivity index (χ1) is 5.97. The molecule has 1 fully saturated rings. The molecule has 76 valence electrons. The lowest BCUT2D eigenvalue weighted by Crippen LogP contribution is -2.33. The monoisotopic (exact) mass is 188 g/mol. The third-order valence-electron chi connectivity index (χ3n) is 1.63. The van der Waals surface area contributed by atoms with Crippen molar-refractivity contribution in [2.75, 3.05) is 19.8 Å². The average molecular weight is 188 g/mol. The summed E-state index contributed by atoms with van der Waals surface area (Å²) >= 11 is 0. The summed E-state index contributed by atoms with van der Waals surface area (Å²) in [5.74, 6) is 0.164. The molecule has 0 aromatic carbocycles. The predicted molar refractivity (Wildman–Crippen MR) is 46.5 cm³/mol. The molecular weight excluding hydrogens is 172 g/mol. The quantitative estimate of drug-likeness (QED) is 0.617. The van der Waals surface area contributed by atoms with E-state index < -0.39 is 6.16 Å². The summed E-state index contributed by atoms with van der Waals surface area (Å²) in [6.45, 7) is 7.33. The van der Waals surface area contributed by atoms with Crippen LogP contribution >= 0.6 is 0 Å². The summed E-state index contributed by atoms with van der Waals surface area (Å²) in [4.78, 5) is 10.5. The summed E-state index contributed by atoms with van der Waals surface area (Å²) in [6, 6.07) is 0. The molecule has 1 aliphatic rings. The first-order valence-electron chi connectivity index (χ1n) is 4.41. The summed E-state index contributed by atoms with van der Waals surface area (Å²) < 4.78 is 15.0. The van der Waals surface area contributed by atoms with Gasteiger partial charge in [0, 0.05) is 0 Å². The molecule has 0 radical (unpaired) electrons. The third-order valence-corrected chi connectivity index (χ3v) is 1.63. The van der Waals surface area contributed by atoms with Gasteiger partial charge in [0.25, 0.3) is 0 Å².